The van der Waals surface area contributed by atoms with Crippen molar-refractivity contribution in [2.45, 2.75) is 65.5 Å². The monoisotopic (exact) mass is 398 g/mol. The topological polar surface area (TPSA) is 67.2 Å². The number of aromatic nitrogens is 2. The van der Waals surface area contributed by atoms with Crippen LogP contribution < -0.4 is 10.9 Å². The van der Waals surface area contributed by atoms with Crippen LogP contribution in [0.2, 0.25) is 0 Å². The van der Waals surface area contributed by atoms with Gasteiger partial charge in [-0.05, 0) is 44.7 Å². The van der Waals surface area contributed by atoms with Crippen LogP contribution in [0, 0.1) is 5.92 Å². The Morgan fingerprint density at radius 3 is 2.76 bits per heavy atom. The highest BCUT2D eigenvalue weighted by Gasteiger charge is 2.21. The number of hydrogen-bond donors (Lipinski definition) is 1. The zero-order chi connectivity index (χ0) is 20.8. The zero-order valence-electron chi connectivity index (χ0n) is 18.0. The van der Waals surface area contributed by atoms with Crippen LogP contribution in [-0.2, 0) is 6.54 Å². The Morgan fingerprint density at radius 1 is 1.28 bits per heavy atom. The van der Waals surface area contributed by atoms with Crippen LogP contribution in [0.15, 0.2) is 29.1 Å². The molecule has 1 saturated heterocycles. The molecule has 29 heavy (non-hydrogen) atoms. The third kappa shape index (κ3) is 5.44. The van der Waals surface area contributed by atoms with Gasteiger partial charge in [-0.3, -0.25) is 9.59 Å². The number of unbranched alkanes of at least 4 members (excludes halogenated alkanes) is 2. The van der Waals surface area contributed by atoms with Crippen LogP contribution in [0.25, 0.3) is 10.8 Å². The van der Waals surface area contributed by atoms with Gasteiger partial charge in [0.1, 0.15) is 0 Å². The van der Waals surface area contributed by atoms with Crippen LogP contribution >= 0.6 is 0 Å². The molecule has 1 fully saturated rings. The van der Waals surface area contributed by atoms with Crippen molar-refractivity contribution in [3.8, 4) is 0 Å². The fourth-order valence-electron chi connectivity index (χ4n) is 4.24. The van der Waals surface area contributed by atoms with Crippen LogP contribution in [0.4, 0.5) is 0 Å². The molecule has 0 unspecified atom stereocenters. The van der Waals surface area contributed by atoms with Crippen molar-refractivity contribution in [3.63, 3.8) is 0 Å². The standard InChI is InChI=1S/C23H34N4O2/c1-4-5-8-14-27-23(29)20-12-7-6-11-19(20)21(25-27)22(28)24-18(3)16-26-13-9-10-17(2)15-26/h6-7,11-12,17-18H,4-5,8-10,13-16H2,1-3H3,(H,24,28)/t17-,18-/m1/s1. The lowest BCUT2D eigenvalue weighted by molar-refractivity contribution is 0.0914. The number of benzene rings is 1. The average molecular weight is 399 g/mol. The summed E-state index contributed by atoms with van der Waals surface area (Å²) in [6.07, 6.45) is 5.49. The van der Waals surface area contributed by atoms with Crippen LogP contribution in [0.1, 0.15) is 63.4 Å². The van der Waals surface area contributed by atoms with E-state index in [9.17, 15) is 9.59 Å². The fraction of sp³-hybridized carbons (Fsp3) is 0.609. The van der Waals surface area contributed by atoms with Gasteiger partial charge in [-0.25, -0.2) is 4.68 Å². The Labute approximate surface area is 173 Å². The number of hydrogen-bond acceptors (Lipinski definition) is 4. The lowest BCUT2D eigenvalue weighted by Crippen LogP contribution is -2.45. The first-order chi connectivity index (χ1) is 14.0. The van der Waals surface area contributed by atoms with Crippen LogP contribution in [0.3, 0.4) is 0 Å². The molecule has 0 aliphatic carbocycles. The number of likely N-dealkylation sites (tertiary alicyclic amines) is 1. The van der Waals surface area contributed by atoms with Crippen molar-refractivity contribution >= 4 is 16.7 Å². The fourth-order valence-corrected chi connectivity index (χ4v) is 4.24. The Hall–Kier alpha value is -2.21. The normalized spacial score (nSPS) is 18.7. The van der Waals surface area contributed by atoms with Crippen molar-refractivity contribution in [2.75, 3.05) is 19.6 Å². The average Bonchev–Trinajstić information content (AvgIpc) is 2.69. The maximum absolute atomic E-state index is 13.1. The highest BCUT2D eigenvalue weighted by atomic mass is 16.2. The van der Waals surface area contributed by atoms with Crippen LogP contribution in [-0.4, -0.2) is 46.3 Å². The molecule has 1 aliphatic rings. The summed E-state index contributed by atoms with van der Waals surface area (Å²) >= 11 is 0. The predicted molar refractivity (Wildman–Crippen MR) is 117 cm³/mol. The zero-order valence-corrected chi connectivity index (χ0v) is 18.0. The quantitative estimate of drug-likeness (QED) is 0.692. The van der Waals surface area contributed by atoms with Gasteiger partial charge in [-0.15, -0.1) is 0 Å². The van der Waals surface area contributed by atoms with Gasteiger partial charge in [-0.1, -0.05) is 44.9 Å². The summed E-state index contributed by atoms with van der Waals surface area (Å²) in [7, 11) is 0. The van der Waals surface area contributed by atoms with Crippen molar-refractivity contribution in [1.29, 1.82) is 0 Å². The number of nitrogens with zero attached hydrogens (tertiary/aromatic N) is 3. The molecule has 0 bridgehead atoms. The summed E-state index contributed by atoms with van der Waals surface area (Å²) < 4.78 is 1.46. The van der Waals surface area contributed by atoms with Crippen molar-refractivity contribution in [3.05, 3.63) is 40.3 Å². The highest BCUT2D eigenvalue weighted by molar-refractivity contribution is 6.04. The van der Waals surface area contributed by atoms with Crippen LogP contribution in [0.5, 0.6) is 0 Å². The second-order valence-electron chi connectivity index (χ2n) is 8.51. The Kier molecular flexibility index (Phi) is 7.42. The summed E-state index contributed by atoms with van der Waals surface area (Å²) in [5.41, 5.74) is 0.221. The number of piperidine rings is 1. The lowest BCUT2D eigenvalue weighted by Gasteiger charge is -2.32. The summed E-state index contributed by atoms with van der Waals surface area (Å²) in [5.74, 6) is 0.506. The van der Waals surface area contributed by atoms with E-state index in [1.54, 1.807) is 6.07 Å². The number of nitrogens with one attached hydrogen (secondary N) is 1. The van der Waals surface area contributed by atoms with E-state index in [4.69, 9.17) is 0 Å². The van der Waals surface area contributed by atoms with E-state index >= 15 is 0 Å². The van der Waals surface area contributed by atoms with Crippen molar-refractivity contribution in [1.82, 2.24) is 20.0 Å². The van der Waals surface area contributed by atoms with E-state index in [2.05, 4.69) is 29.2 Å². The number of amides is 1. The molecule has 2 heterocycles. The van der Waals surface area contributed by atoms with Gasteiger partial charge in [0, 0.05) is 31.1 Å². The summed E-state index contributed by atoms with van der Waals surface area (Å²) in [5, 5.41) is 8.75. The molecule has 1 aliphatic heterocycles. The van der Waals surface area contributed by atoms with Gasteiger partial charge in [0.15, 0.2) is 5.69 Å². The summed E-state index contributed by atoms with van der Waals surface area (Å²) in [6.45, 7) is 10.0. The molecule has 158 valence electrons. The molecule has 0 radical (unpaired) electrons. The minimum atomic E-state index is -0.206. The van der Waals surface area contributed by atoms with Gasteiger partial charge in [-0.2, -0.15) is 5.10 Å². The number of carbonyl (C=O) groups is 1. The van der Waals surface area contributed by atoms with Gasteiger partial charge < -0.3 is 10.2 Å². The number of aryl methyl sites for hydroxylation is 1. The molecule has 1 N–H and O–H groups in total. The third-order valence-corrected chi connectivity index (χ3v) is 5.71. The molecule has 2 atom stereocenters. The van der Waals surface area contributed by atoms with E-state index in [-0.39, 0.29) is 17.5 Å². The van der Waals surface area contributed by atoms with E-state index in [1.807, 2.05) is 25.1 Å². The minimum Gasteiger partial charge on any atom is -0.347 e. The molecular weight excluding hydrogens is 364 g/mol. The second kappa shape index (κ2) is 10.0. The third-order valence-electron chi connectivity index (χ3n) is 5.71. The first-order valence-corrected chi connectivity index (χ1v) is 11.0. The molecule has 6 heteroatoms. The molecule has 2 aromatic rings. The maximum atomic E-state index is 13.1. The van der Waals surface area contributed by atoms with Gasteiger partial charge >= 0.3 is 0 Å². The lowest BCUT2D eigenvalue weighted by atomic mass is 10.00. The molecule has 1 aromatic carbocycles. The van der Waals surface area contributed by atoms with E-state index in [0.717, 1.165) is 38.9 Å². The summed E-state index contributed by atoms with van der Waals surface area (Å²) in [6, 6.07) is 7.30. The number of fused-ring (bicyclic) bond motifs is 1. The van der Waals surface area contributed by atoms with E-state index in [0.29, 0.717) is 28.9 Å². The maximum Gasteiger partial charge on any atom is 0.274 e. The molecule has 1 amide bonds. The predicted octanol–water partition coefficient (Wildman–Crippen LogP) is 3.44. The smallest absolute Gasteiger partial charge is 0.274 e. The van der Waals surface area contributed by atoms with E-state index < -0.39 is 0 Å². The van der Waals surface area contributed by atoms with Crippen molar-refractivity contribution < 1.29 is 4.79 Å². The molecule has 0 spiro atoms. The van der Waals surface area contributed by atoms with Crippen molar-refractivity contribution in [2.24, 2.45) is 5.92 Å². The SMILES string of the molecule is CCCCCn1nc(C(=O)N[C@H](C)CN2CCC[C@@H](C)C2)c2ccccc2c1=O. The highest BCUT2D eigenvalue weighted by Crippen LogP contribution is 2.16. The van der Waals surface area contributed by atoms with Gasteiger partial charge in [0.25, 0.3) is 11.5 Å². The Balaban J connectivity index is 1.78. The van der Waals surface area contributed by atoms with E-state index in [1.165, 1.54) is 17.5 Å². The molecule has 0 saturated carbocycles. The molecule has 6 nitrogen and oxygen atoms in total. The molecule has 3 rings (SSSR count). The number of carbonyl (C=O) groups excluding carboxylic acids is 1. The van der Waals surface area contributed by atoms with Gasteiger partial charge in [0.05, 0.1) is 5.39 Å². The Bertz CT molecular complexity index is 892. The largest absolute Gasteiger partial charge is 0.347 e. The summed E-state index contributed by atoms with van der Waals surface area (Å²) in [4.78, 5) is 28.3. The first kappa shape index (κ1) is 21.5. The number of rotatable bonds is 8. The Morgan fingerprint density at radius 2 is 2.03 bits per heavy atom. The molecule has 1 aromatic heterocycles. The first-order valence-electron chi connectivity index (χ1n) is 11.0. The second-order valence-corrected chi connectivity index (χ2v) is 8.51. The minimum absolute atomic E-state index is 0.0221. The van der Waals surface area contributed by atoms with Gasteiger partial charge in [0.2, 0.25) is 0 Å². The molecular formula is C23H34N4O2.